The molecule has 3 heterocycles. The molecular weight excluding hydrogens is 200 g/mol. The average Bonchev–Trinajstić information content (AvgIpc) is 2.62. The zero-order valence-corrected chi connectivity index (χ0v) is 9.06. The highest BCUT2D eigenvalue weighted by atomic mass is 15.3. The van der Waals surface area contributed by atoms with Gasteiger partial charge in [-0.15, -0.1) is 0 Å². The van der Waals surface area contributed by atoms with E-state index in [2.05, 4.69) is 26.1 Å². The third-order valence-corrected chi connectivity index (χ3v) is 2.82. The van der Waals surface area contributed by atoms with Crippen molar-refractivity contribution in [3.8, 4) is 11.4 Å². The van der Waals surface area contributed by atoms with Gasteiger partial charge in [-0.25, -0.2) is 0 Å². The van der Waals surface area contributed by atoms with Crippen LogP contribution < -0.4 is 5.32 Å². The van der Waals surface area contributed by atoms with Gasteiger partial charge in [0.1, 0.15) is 5.69 Å². The Labute approximate surface area is 94.3 Å². The first-order valence-electron chi connectivity index (χ1n) is 5.62. The molecule has 2 aromatic rings. The Hall–Kier alpha value is -1.68. The SMILES string of the molecule is c1ccc(-c2cc3n(n2)CCCNC3)nc1. The van der Waals surface area contributed by atoms with E-state index in [1.807, 2.05) is 18.2 Å². The van der Waals surface area contributed by atoms with E-state index in [9.17, 15) is 0 Å². The van der Waals surface area contributed by atoms with Gasteiger partial charge in [-0.1, -0.05) is 6.07 Å². The van der Waals surface area contributed by atoms with Crippen LogP contribution in [0.15, 0.2) is 30.5 Å². The van der Waals surface area contributed by atoms with Crippen LogP contribution in [-0.2, 0) is 13.1 Å². The third kappa shape index (κ3) is 1.72. The number of hydrogen-bond donors (Lipinski definition) is 1. The molecule has 3 rings (SSSR count). The van der Waals surface area contributed by atoms with Crippen LogP contribution in [0.4, 0.5) is 0 Å². The van der Waals surface area contributed by atoms with E-state index >= 15 is 0 Å². The standard InChI is InChI=1S/C12H14N4/c1-2-6-14-11(4-1)12-8-10-9-13-5-3-7-16(10)15-12/h1-2,4,6,8,13H,3,5,7,9H2. The molecule has 82 valence electrons. The van der Waals surface area contributed by atoms with Gasteiger partial charge >= 0.3 is 0 Å². The molecule has 2 aromatic heterocycles. The highest BCUT2D eigenvalue weighted by Crippen LogP contribution is 2.17. The second-order valence-corrected chi connectivity index (χ2v) is 3.99. The van der Waals surface area contributed by atoms with E-state index in [0.717, 1.165) is 37.4 Å². The minimum absolute atomic E-state index is 0.903. The van der Waals surface area contributed by atoms with E-state index in [1.165, 1.54) is 5.69 Å². The maximum Gasteiger partial charge on any atom is 0.111 e. The highest BCUT2D eigenvalue weighted by molar-refractivity contribution is 5.53. The van der Waals surface area contributed by atoms with Gasteiger partial charge in [0.25, 0.3) is 0 Å². The van der Waals surface area contributed by atoms with Crippen LogP contribution in [0.1, 0.15) is 12.1 Å². The number of aromatic nitrogens is 3. The third-order valence-electron chi connectivity index (χ3n) is 2.82. The first kappa shape index (κ1) is 9.54. The lowest BCUT2D eigenvalue weighted by molar-refractivity contribution is 0.588. The molecular formula is C12H14N4. The normalized spacial score (nSPS) is 15.5. The summed E-state index contributed by atoms with van der Waals surface area (Å²) in [5, 5.41) is 7.98. The van der Waals surface area contributed by atoms with E-state index in [0.29, 0.717) is 0 Å². The van der Waals surface area contributed by atoms with Crippen molar-refractivity contribution in [1.82, 2.24) is 20.1 Å². The van der Waals surface area contributed by atoms with Gasteiger partial charge < -0.3 is 5.32 Å². The Balaban J connectivity index is 1.98. The minimum atomic E-state index is 0.903. The minimum Gasteiger partial charge on any atom is -0.311 e. The second-order valence-electron chi connectivity index (χ2n) is 3.99. The Bertz CT molecular complexity index is 452. The number of nitrogens with zero attached hydrogens (tertiary/aromatic N) is 3. The summed E-state index contributed by atoms with van der Waals surface area (Å²) in [7, 11) is 0. The summed E-state index contributed by atoms with van der Waals surface area (Å²) in [5.41, 5.74) is 3.17. The van der Waals surface area contributed by atoms with Crippen LogP contribution in [0.5, 0.6) is 0 Å². The molecule has 4 nitrogen and oxygen atoms in total. The predicted molar refractivity (Wildman–Crippen MR) is 61.8 cm³/mol. The maximum atomic E-state index is 4.60. The number of hydrogen-bond acceptors (Lipinski definition) is 3. The van der Waals surface area contributed by atoms with Gasteiger partial charge in [0.05, 0.1) is 11.4 Å². The Morgan fingerprint density at radius 2 is 2.25 bits per heavy atom. The lowest BCUT2D eigenvalue weighted by atomic mass is 10.2. The largest absolute Gasteiger partial charge is 0.311 e. The predicted octanol–water partition coefficient (Wildman–Crippen LogP) is 1.44. The molecule has 0 unspecified atom stereocenters. The van der Waals surface area contributed by atoms with Crippen molar-refractivity contribution in [3.63, 3.8) is 0 Å². The Morgan fingerprint density at radius 1 is 1.25 bits per heavy atom. The molecule has 1 aliphatic heterocycles. The lowest BCUT2D eigenvalue weighted by Gasteiger charge is -1.99. The molecule has 0 saturated heterocycles. The van der Waals surface area contributed by atoms with Crippen molar-refractivity contribution in [2.75, 3.05) is 6.54 Å². The Morgan fingerprint density at radius 3 is 3.12 bits per heavy atom. The molecule has 4 heteroatoms. The van der Waals surface area contributed by atoms with Crippen molar-refractivity contribution in [2.45, 2.75) is 19.5 Å². The van der Waals surface area contributed by atoms with Crippen molar-refractivity contribution >= 4 is 0 Å². The number of aryl methyl sites for hydroxylation is 1. The molecule has 0 fully saturated rings. The lowest BCUT2D eigenvalue weighted by Crippen LogP contribution is -2.11. The van der Waals surface area contributed by atoms with Crippen molar-refractivity contribution < 1.29 is 0 Å². The summed E-state index contributed by atoms with van der Waals surface area (Å²) < 4.78 is 2.09. The van der Waals surface area contributed by atoms with Crippen LogP contribution in [-0.4, -0.2) is 21.3 Å². The first-order valence-corrected chi connectivity index (χ1v) is 5.62. The zero-order valence-electron chi connectivity index (χ0n) is 9.06. The summed E-state index contributed by atoms with van der Waals surface area (Å²) in [4.78, 5) is 4.32. The van der Waals surface area contributed by atoms with E-state index in [4.69, 9.17) is 0 Å². The van der Waals surface area contributed by atoms with Gasteiger partial charge in [0, 0.05) is 19.3 Å². The molecule has 0 saturated carbocycles. The van der Waals surface area contributed by atoms with Crippen molar-refractivity contribution in [2.24, 2.45) is 0 Å². The fourth-order valence-corrected chi connectivity index (χ4v) is 2.00. The van der Waals surface area contributed by atoms with Crippen molar-refractivity contribution in [1.29, 1.82) is 0 Å². The van der Waals surface area contributed by atoms with Crippen LogP contribution in [0.25, 0.3) is 11.4 Å². The number of pyridine rings is 1. The first-order chi connectivity index (χ1) is 7.93. The van der Waals surface area contributed by atoms with Gasteiger partial charge in [0.15, 0.2) is 0 Å². The number of rotatable bonds is 1. The molecule has 1 aliphatic rings. The van der Waals surface area contributed by atoms with Gasteiger partial charge in [-0.05, 0) is 31.2 Å². The zero-order chi connectivity index (χ0) is 10.8. The number of fused-ring (bicyclic) bond motifs is 1. The number of nitrogens with one attached hydrogen (secondary N) is 1. The second kappa shape index (κ2) is 4.06. The van der Waals surface area contributed by atoms with Crippen LogP contribution >= 0.6 is 0 Å². The summed E-state index contributed by atoms with van der Waals surface area (Å²) in [6, 6.07) is 8.04. The fourth-order valence-electron chi connectivity index (χ4n) is 2.00. The molecule has 0 bridgehead atoms. The quantitative estimate of drug-likeness (QED) is 0.781. The molecule has 0 spiro atoms. The van der Waals surface area contributed by atoms with Crippen LogP contribution in [0, 0.1) is 0 Å². The molecule has 0 radical (unpaired) electrons. The maximum absolute atomic E-state index is 4.60. The van der Waals surface area contributed by atoms with Gasteiger partial charge in [-0.2, -0.15) is 5.10 Å². The van der Waals surface area contributed by atoms with Gasteiger partial charge in [0.2, 0.25) is 0 Å². The highest BCUT2D eigenvalue weighted by Gasteiger charge is 2.11. The molecule has 16 heavy (non-hydrogen) atoms. The molecule has 0 aliphatic carbocycles. The monoisotopic (exact) mass is 214 g/mol. The molecule has 0 atom stereocenters. The Kier molecular flexibility index (Phi) is 2.42. The van der Waals surface area contributed by atoms with Crippen LogP contribution in [0.3, 0.4) is 0 Å². The topological polar surface area (TPSA) is 42.7 Å². The van der Waals surface area contributed by atoms with Crippen molar-refractivity contribution in [3.05, 3.63) is 36.2 Å². The smallest absolute Gasteiger partial charge is 0.111 e. The molecule has 0 aromatic carbocycles. The summed E-state index contributed by atoms with van der Waals surface area (Å²) in [5.74, 6) is 0. The summed E-state index contributed by atoms with van der Waals surface area (Å²) in [6.07, 6.45) is 2.94. The molecule has 1 N–H and O–H groups in total. The van der Waals surface area contributed by atoms with E-state index < -0.39 is 0 Å². The van der Waals surface area contributed by atoms with E-state index in [1.54, 1.807) is 6.20 Å². The van der Waals surface area contributed by atoms with Gasteiger partial charge in [-0.3, -0.25) is 9.67 Å². The average molecular weight is 214 g/mol. The van der Waals surface area contributed by atoms with Crippen LogP contribution in [0.2, 0.25) is 0 Å². The molecule has 0 amide bonds. The fraction of sp³-hybridized carbons (Fsp3) is 0.333. The summed E-state index contributed by atoms with van der Waals surface area (Å²) in [6.45, 7) is 2.97. The van der Waals surface area contributed by atoms with E-state index in [-0.39, 0.29) is 0 Å². The summed E-state index contributed by atoms with van der Waals surface area (Å²) >= 11 is 0.